The summed E-state index contributed by atoms with van der Waals surface area (Å²) in [7, 11) is 0. The molecule has 2 heterocycles. The number of nitrogens with one attached hydrogen (secondary N) is 2. The van der Waals surface area contributed by atoms with E-state index < -0.39 is 0 Å². The van der Waals surface area contributed by atoms with Crippen LogP contribution in [0.25, 0.3) is 0 Å². The first-order valence-electron chi connectivity index (χ1n) is 7.37. The van der Waals surface area contributed by atoms with Crippen LogP contribution < -0.4 is 15.4 Å². The van der Waals surface area contributed by atoms with Crippen LogP contribution in [0.5, 0.6) is 6.01 Å². The third-order valence-electron chi connectivity index (χ3n) is 2.79. The lowest BCUT2D eigenvalue weighted by molar-refractivity contribution is 0.312. The Morgan fingerprint density at radius 1 is 1.14 bits per heavy atom. The van der Waals surface area contributed by atoms with E-state index in [1.54, 1.807) is 0 Å². The summed E-state index contributed by atoms with van der Waals surface area (Å²) in [5, 5.41) is 7.11. The largest absolute Gasteiger partial charge is 0.464 e. The van der Waals surface area contributed by atoms with Gasteiger partial charge in [-0.25, -0.2) is 0 Å². The standard InChI is InChI=1S/C13H23N5OS2/c1-3-5-14-11-16-12(18-13(17-11)19-4-2)15-8-10-9-20-6-7-21-10/h10H,3-9H2,1-2H3,(H2,14,15,16,17,18). The number of ether oxygens (including phenoxy) is 1. The van der Waals surface area contributed by atoms with Crippen molar-refractivity contribution in [2.75, 3.05) is 47.6 Å². The lowest BCUT2D eigenvalue weighted by atomic mass is 10.5. The molecule has 1 unspecified atom stereocenters. The number of thioether (sulfide) groups is 2. The zero-order chi connectivity index (χ0) is 14.9. The summed E-state index contributed by atoms with van der Waals surface area (Å²) in [6, 6.07) is 0.374. The van der Waals surface area contributed by atoms with Gasteiger partial charge < -0.3 is 15.4 Å². The minimum atomic E-state index is 0.374. The van der Waals surface area contributed by atoms with Gasteiger partial charge in [0.2, 0.25) is 11.9 Å². The van der Waals surface area contributed by atoms with Gasteiger partial charge in [0.1, 0.15) is 0 Å². The average molecular weight is 329 g/mol. The lowest BCUT2D eigenvalue weighted by Gasteiger charge is -2.21. The highest BCUT2D eigenvalue weighted by Crippen LogP contribution is 2.24. The van der Waals surface area contributed by atoms with E-state index in [9.17, 15) is 0 Å². The van der Waals surface area contributed by atoms with Crippen molar-refractivity contribution in [3.63, 3.8) is 0 Å². The van der Waals surface area contributed by atoms with E-state index in [0.29, 0.717) is 29.8 Å². The molecular weight excluding hydrogens is 306 g/mol. The normalized spacial score (nSPS) is 18.3. The first-order valence-corrected chi connectivity index (χ1v) is 9.58. The van der Waals surface area contributed by atoms with Crippen molar-refractivity contribution in [2.24, 2.45) is 0 Å². The summed E-state index contributed by atoms with van der Waals surface area (Å²) in [6.45, 7) is 6.29. The van der Waals surface area contributed by atoms with Crippen molar-refractivity contribution in [2.45, 2.75) is 25.5 Å². The van der Waals surface area contributed by atoms with Crippen LogP contribution in [0.2, 0.25) is 0 Å². The van der Waals surface area contributed by atoms with Gasteiger partial charge in [-0.05, 0) is 13.3 Å². The maximum atomic E-state index is 5.41. The van der Waals surface area contributed by atoms with Gasteiger partial charge in [0.15, 0.2) is 0 Å². The first-order chi connectivity index (χ1) is 10.3. The van der Waals surface area contributed by atoms with E-state index in [4.69, 9.17) is 4.74 Å². The van der Waals surface area contributed by atoms with Crippen molar-refractivity contribution < 1.29 is 4.74 Å². The van der Waals surface area contributed by atoms with Crippen LogP contribution in [-0.2, 0) is 0 Å². The van der Waals surface area contributed by atoms with Gasteiger partial charge in [-0.15, -0.1) is 0 Å². The summed E-state index contributed by atoms with van der Waals surface area (Å²) in [6.07, 6.45) is 1.02. The first kappa shape index (κ1) is 16.5. The second kappa shape index (κ2) is 9.19. The topological polar surface area (TPSA) is 72.0 Å². The van der Waals surface area contributed by atoms with Crippen molar-refractivity contribution in [1.82, 2.24) is 15.0 Å². The molecule has 0 bridgehead atoms. The van der Waals surface area contributed by atoms with Crippen LogP contribution in [0.15, 0.2) is 0 Å². The van der Waals surface area contributed by atoms with Crippen molar-refractivity contribution in [1.29, 1.82) is 0 Å². The van der Waals surface area contributed by atoms with Crippen molar-refractivity contribution in [3.05, 3.63) is 0 Å². The number of anilines is 2. The molecule has 2 rings (SSSR count). The van der Waals surface area contributed by atoms with Crippen LogP contribution in [0.4, 0.5) is 11.9 Å². The molecule has 1 saturated heterocycles. The summed E-state index contributed by atoms with van der Waals surface area (Å²) >= 11 is 4.03. The van der Waals surface area contributed by atoms with Crippen LogP contribution in [-0.4, -0.2) is 57.2 Å². The summed E-state index contributed by atoms with van der Waals surface area (Å²) < 4.78 is 5.41. The molecule has 0 spiro atoms. The number of hydrogen-bond acceptors (Lipinski definition) is 8. The minimum Gasteiger partial charge on any atom is -0.464 e. The molecule has 1 aliphatic rings. The number of hydrogen-bond donors (Lipinski definition) is 2. The Kier molecular flexibility index (Phi) is 7.21. The Bertz CT molecular complexity index is 429. The molecule has 1 aliphatic heterocycles. The predicted molar refractivity (Wildman–Crippen MR) is 91.8 cm³/mol. The Labute approximate surface area is 134 Å². The summed E-state index contributed by atoms with van der Waals surface area (Å²) in [5.41, 5.74) is 0. The Morgan fingerprint density at radius 2 is 1.95 bits per heavy atom. The zero-order valence-corrected chi connectivity index (χ0v) is 14.2. The lowest BCUT2D eigenvalue weighted by Crippen LogP contribution is -2.24. The Morgan fingerprint density at radius 3 is 2.62 bits per heavy atom. The van der Waals surface area contributed by atoms with Gasteiger partial charge in [-0.1, -0.05) is 6.92 Å². The highest BCUT2D eigenvalue weighted by molar-refractivity contribution is 8.06. The maximum absolute atomic E-state index is 5.41. The second-order valence-corrected chi connectivity index (χ2v) is 7.13. The molecule has 0 aliphatic carbocycles. The van der Waals surface area contributed by atoms with E-state index in [1.165, 1.54) is 17.3 Å². The smallest absolute Gasteiger partial charge is 0.323 e. The Hall–Kier alpha value is -0.890. The van der Waals surface area contributed by atoms with Crippen LogP contribution in [0.1, 0.15) is 20.3 Å². The molecule has 1 aromatic heterocycles. The van der Waals surface area contributed by atoms with Gasteiger partial charge in [0.05, 0.1) is 6.61 Å². The highest BCUT2D eigenvalue weighted by Gasteiger charge is 2.15. The maximum Gasteiger partial charge on any atom is 0.323 e. The molecule has 1 fully saturated rings. The third-order valence-corrected chi connectivity index (χ3v) is 5.64. The Balaban J connectivity index is 1.96. The van der Waals surface area contributed by atoms with E-state index in [2.05, 4.69) is 32.5 Å². The van der Waals surface area contributed by atoms with Gasteiger partial charge in [-0.2, -0.15) is 38.5 Å². The fourth-order valence-corrected chi connectivity index (χ4v) is 4.42. The SMILES string of the molecule is CCCNc1nc(NCC2CSCCS2)nc(OCC)n1. The molecular formula is C13H23N5OS2. The predicted octanol–water partition coefficient (Wildman–Crippen LogP) is 2.35. The summed E-state index contributed by atoms with van der Waals surface area (Å²) in [5.74, 6) is 4.82. The highest BCUT2D eigenvalue weighted by atomic mass is 32.2. The molecule has 8 heteroatoms. The molecule has 21 heavy (non-hydrogen) atoms. The van der Waals surface area contributed by atoms with E-state index >= 15 is 0 Å². The van der Waals surface area contributed by atoms with Gasteiger partial charge in [0, 0.05) is 35.6 Å². The zero-order valence-electron chi connectivity index (χ0n) is 12.6. The number of nitrogens with zero attached hydrogens (tertiary/aromatic N) is 3. The monoisotopic (exact) mass is 329 g/mol. The minimum absolute atomic E-state index is 0.374. The van der Waals surface area contributed by atoms with Crippen molar-refractivity contribution in [3.8, 4) is 6.01 Å². The molecule has 1 atom stereocenters. The van der Waals surface area contributed by atoms with Gasteiger partial charge >= 0.3 is 6.01 Å². The molecule has 6 nitrogen and oxygen atoms in total. The fraction of sp³-hybridized carbons (Fsp3) is 0.769. The molecule has 0 aromatic carbocycles. The van der Waals surface area contributed by atoms with Crippen LogP contribution in [0.3, 0.4) is 0 Å². The quantitative estimate of drug-likeness (QED) is 0.753. The van der Waals surface area contributed by atoms with Gasteiger partial charge in [0.25, 0.3) is 0 Å². The second-order valence-electron chi connectivity index (χ2n) is 4.57. The van der Waals surface area contributed by atoms with E-state index in [-0.39, 0.29) is 0 Å². The molecule has 0 saturated carbocycles. The van der Waals surface area contributed by atoms with Crippen molar-refractivity contribution >= 4 is 35.4 Å². The van der Waals surface area contributed by atoms with Gasteiger partial charge in [-0.3, -0.25) is 0 Å². The third kappa shape index (κ3) is 5.78. The average Bonchev–Trinajstić information content (AvgIpc) is 2.52. The number of aromatic nitrogens is 3. The van der Waals surface area contributed by atoms with E-state index in [0.717, 1.165) is 19.5 Å². The molecule has 118 valence electrons. The van der Waals surface area contributed by atoms with Crippen LogP contribution in [0, 0.1) is 0 Å². The molecule has 0 amide bonds. The molecule has 2 N–H and O–H groups in total. The van der Waals surface area contributed by atoms with E-state index in [1.807, 2.05) is 30.4 Å². The summed E-state index contributed by atoms with van der Waals surface area (Å²) in [4.78, 5) is 13.0. The number of rotatable bonds is 8. The fourth-order valence-electron chi connectivity index (χ4n) is 1.80. The molecule has 0 radical (unpaired) electrons. The van der Waals surface area contributed by atoms with Crippen LogP contribution >= 0.6 is 23.5 Å². The molecule has 1 aromatic rings.